The van der Waals surface area contributed by atoms with E-state index in [0.29, 0.717) is 22.1 Å². The summed E-state index contributed by atoms with van der Waals surface area (Å²) in [4.78, 5) is 11.9. The molecule has 2 aromatic carbocycles. The summed E-state index contributed by atoms with van der Waals surface area (Å²) < 4.78 is 14.6. The summed E-state index contributed by atoms with van der Waals surface area (Å²) in [5, 5.41) is 11.6. The molecule has 8 heteroatoms. The zero-order valence-corrected chi connectivity index (χ0v) is 15.2. The predicted molar refractivity (Wildman–Crippen MR) is 104 cm³/mol. The topological polar surface area (TPSA) is 71.3 Å². The Morgan fingerprint density at radius 2 is 1.93 bits per heavy atom. The molecule has 0 bridgehead atoms. The van der Waals surface area contributed by atoms with Crippen LogP contribution in [0.2, 0.25) is 5.15 Å². The lowest BCUT2D eigenvalue weighted by atomic mass is 10.3. The first-order valence-corrected chi connectivity index (χ1v) is 8.54. The molecule has 138 valence electrons. The number of nitrogens with one attached hydrogen (secondary N) is 2. The number of aryl methyl sites for hydroxylation is 1. The van der Waals surface area contributed by atoms with Crippen molar-refractivity contribution in [1.82, 2.24) is 15.2 Å². The van der Waals surface area contributed by atoms with Gasteiger partial charge in [-0.3, -0.25) is 4.79 Å². The number of amides is 1. The average molecular weight is 386 g/mol. The molecule has 3 aromatic rings. The highest BCUT2D eigenvalue weighted by Gasteiger charge is 2.13. The van der Waals surface area contributed by atoms with E-state index in [1.807, 2.05) is 30.3 Å². The maximum absolute atomic E-state index is 13.1. The first-order valence-electron chi connectivity index (χ1n) is 8.16. The van der Waals surface area contributed by atoms with Crippen LogP contribution in [0.25, 0.3) is 5.69 Å². The highest BCUT2D eigenvalue weighted by molar-refractivity contribution is 6.32. The number of rotatable bonds is 6. The van der Waals surface area contributed by atoms with Crippen LogP contribution in [0.3, 0.4) is 0 Å². The van der Waals surface area contributed by atoms with Crippen molar-refractivity contribution in [3.63, 3.8) is 0 Å². The van der Waals surface area contributed by atoms with Crippen LogP contribution in [0.15, 0.2) is 59.7 Å². The summed E-state index contributed by atoms with van der Waals surface area (Å²) in [5.41, 5.74) is 5.10. The number of carbonyl (C=O) groups is 1. The number of aromatic nitrogens is 2. The van der Waals surface area contributed by atoms with E-state index in [4.69, 9.17) is 11.6 Å². The van der Waals surface area contributed by atoms with E-state index in [1.165, 1.54) is 23.0 Å². The monoisotopic (exact) mass is 385 g/mol. The van der Waals surface area contributed by atoms with Crippen molar-refractivity contribution < 1.29 is 9.18 Å². The van der Waals surface area contributed by atoms with Crippen LogP contribution < -0.4 is 10.7 Å². The Hall–Kier alpha value is -3.19. The number of hydrazone groups is 1. The molecule has 0 aliphatic carbocycles. The quantitative estimate of drug-likeness (QED) is 0.503. The van der Waals surface area contributed by atoms with Crippen molar-refractivity contribution in [2.75, 3.05) is 11.9 Å². The highest BCUT2D eigenvalue weighted by Crippen LogP contribution is 2.22. The van der Waals surface area contributed by atoms with Crippen molar-refractivity contribution >= 4 is 29.4 Å². The second-order valence-electron chi connectivity index (χ2n) is 5.69. The molecule has 0 aliphatic heterocycles. The Bertz CT molecular complexity index is 954. The van der Waals surface area contributed by atoms with E-state index in [1.54, 1.807) is 19.1 Å². The van der Waals surface area contributed by atoms with Crippen molar-refractivity contribution in [2.45, 2.75) is 6.92 Å². The van der Waals surface area contributed by atoms with E-state index in [9.17, 15) is 9.18 Å². The number of para-hydroxylation sites is 1. The van der Waals surface area contributed by atoms with Gasteiger partial charge in [-0.15, -0.1) is 0 Å². The first-order chi connectivity index (χ1) is 13.0. The maximum atomic E-state index is 13.1. The molecule has 1 heterocycles. The molecule has 0 unspecified atom stereocenters. The lowest BCUT2D eigenvalue weighted by Crippen LogP contribution is -2.25. The van der Waals surface area contributed by atoms with Gasteiger partial charge in [-0.2, -0.15) is 10.2 Å². The average Bonchev–Trinajstić information content (AvgIpc) is 2.96. The smallest absolute Gasteiger partial charge is 0.259 e. The third-order valence-corrected chi connectivity index (χ3v) is 4.09. The molecule has 1 aromatic heterocycles. The van der Waals surface area contributed by atoms with E-state index < -0.39 is 0 Å². The van der Waals surface area contributed by atoms with E-state index >= 15 is 0 Å². The van der Waals surface area contributed by atoms with Gasteiger partial charge in [-0.25, -0.2) is 14.5 Å². The van der Waals surface area contributed by atoms with Gasteiger partial charge in [0.1, 0.15) is 11.0 Å². The lowest BCUT2D eigenvalue weighted by Gasteiger charge is -2.04. The van der Waals surface area contributed by atoms with Crippen LogP contribution in [0.5, 0.6) is 0 Å². The molecule has 3 rings (SSSR count). The summed E-state index contributed by atoms with van der Waals surface area (Å²) in [6.45, 7) is 1.86. The van der Waals surface area contributed by atoms with Crippen molar-refractivity contribution in [3.8, 4) is 5.69 Å². The molecular formula is C19H17ClFN5O. The van der Waals surface area contributed by atoms with Crippen LogP contribution in [-0.4, -0.2) is 28.4 Å². The molecule has 0 aliphatic rings. The standard InChI is InChI=1S/C19H17ClFN5O/c1-13-17(19(20)26(25-13)16-9-7-14(21)8-10-16)11-23-24-18(27)12-22-15-5-3-2-4-6-15/h2-11,22H,12H2,1H3,(H,24,27)/b23-11+. The minimum atomic E-state index is -0.340. The van der Waals surface area contributed by atoms with Gasteiger partial charge in [0.15, 0.2) is 0 Å². The van der Waals surface area contributed by atoms with Crippen LogP contribution in [0, 0.1) is 12.7 Å². The summed E-state index contributed by atoms with van der Waals surface area (Å²) in [7, 11) is 0. The molecule has 6 nitrogen and oxygen atoms in total. The van der Waals surface area contributed by atoms with Gasteiger partial charge in [0.25, 0.3) is 5.91 Å². The molecule has 1 amide bonds. The molecule has 2 N–H and O–H groups in total. The molecule has 27 heavy (non-hydrogen) atoms. The molecule has 0 saturated heterocycles. The minimum Gasteiger partial charge on any atom is -0.376 e. The Balaban J connectivity index is 1.63. The number of anilines is 1. The fraction of sp³-hybridized carbons (Fsp3) is 0.105. The number of halogens is 2. The molecule has 0 atom stereocenters. The number of hydrogen-bond donors (Lipinski definition) is 2. The second kappa shape index (κ2) is 8.46. The Kier molecular flexibility index (Phi) is 5.83. The molecule has 0 spiro atoms. The van der Waals surface area contributed by atoms with E-state index in [-0.39, 0.29) is 18.3 Å². The number of carbonyl (C=O) groups excluding carboxylic acids is 1. The van der Waals surface area contributed by atoms with Crippen molar-refractivity contribution in [2.24, 2.45) is 5.10 Å². The number of benzene rings is 2. The molecule has 0 fully saturated rings. The fourth-order valence-corrected chi connectivity index (χ4v) is 2.68. The van der Waals surface area contributed by atoms with Gasteiger partial charge in [-0.05, 0) is 43.3 Å². The maximum Gasteiger partial charge on any atom is 0.259 e. The zero-order valence-electron chi connectivity index (χ0n) is 14.5. The Morgan fingerprint density at radius 1 is 1.22 bits per heavy atom. The van der Waals surface area contributed by atoms with Gasteiger partial charge in [0.05, 0.1) is 29.7 Å². The normalized spacial score (nSPS) is 10.9. The van der Waals surface area contributed by atoms with E-state index in [0.717, 1.165) is 5.69 Å². The first kappa shape index (κ1) is 18.6. The van der Waals surface area contributed by atoms with Gasteiger partial charge in [0, 0.05) is 5.69 Å². The zero-order chi connectivity index (χ0) is 19.2. The highest BCUT2D eigenvalue weighted by atomic mass is 35.5. The Morgan fingerprint density at radius 3 is 2.63 bits per heavy atom. The SMILES string of the molecule is Cc1nn(-c2ccc(F)cc2)c(Cl)c1/C=N/NC(=O)CNc1ccccc1. The summed E-state index contributed by atoms with van der Waals surface area (Å²) in [6.07, 6.45) is 1.44. The van der Waals surface area contributed by atoms with Crippen LogP contribution >= 0.6 is 11.6 Å². The second-order valence-corrected chi connectivity index (χ2v) is 6.05. The third-order valence-electron chi connectivity index (χ3n) is 3.73. The van der Waals surface area contributed by atoms with Crippen molar-refractivity contribution in [3.05, 3.63) is 76.8 Å². The van der Waals surface area contributed by atoms with Gasteiger partial charge in [-0.1, -0.05) is 29.8 Å². The lowest BCUT2D eigenvalue weighted by molar-refractivity contribution is -0.119. The van der Waals surface area contributed by atoms with Crippen LogP contribution in [0.1, 0.15) is 11.3 Å². The predicted octanol–water partition coefficient (Wildman–Crippen LogP) is 3.54. The molecular weight excluding hydrogens is 369 g/mol. The number of hydrogen-bond acceptors (Lipinski definition) is 4. The third kappa shape index (κ3) is 4.71. The summed E-state index contributed by atoms with van der Waals surface area (Å²) in [6, 6.07) is 15.2. The van der Waals surface area contributed by atoms with Gasteiger partial charge < -0.3 is 5.32 Å². The largest absolute Gasteiger partial charge is 0.376 e. The van der Waals surface area contributed by atoms with Gasteiger partial charge >= 0.3 is 0 Å². The van der Waals surface area contributed by atoms with Gasteiger partial charge in [0.2, 0.25) is 0 Å². The van der Waals surface area contributed by atoms with Crippen LogP contribution in [0.4, 0.5) is 10.1 Å². The van der Waals surface area contributed by atoms with Crippen molar-refractivity contribution in [1.29, 1.82) is 0 Å². The summed E-state index contributed by atoms with van der Waals surface area (Å²) >= 11 is 6.35. The fourth-order valence-electron chi connectivity index (χ4n) is 2.36. The molecule has 0 radical (unpaired) electrons. The molecule has 0 saturated carbocycles. The van der Waals surface area contributed by atoms with Crippen LogP contribution in [-0.2, 0) is 4.79 Å². The summed E-state index contributed by atoms with van der Waals surface area (Å²) in [5.74, 6) is -0.637. The minimum absolute atomic E-state index is 0.0862. The number of nitrogens with zero attached hydrogens (tertiary/aromatic N) is 3. The van der Waals surface area contributed by atoms with E-state index in [2.05, 4.69) is 20.9 Å². The Labute approximate surface area is 160 Å².